The molecule has 19 heavy (non-hydrogen) atoms. The summed E-state index contributed by atoms with van der Waals surface area (Å²) in [6, 6.07) is 1.03. The average Bonchev–Trinajstić information content (AvgIpc) is 2.88. The predicted molar refractivity (Wildman–Crippen MR) is 78.2 cm³/mol. The number of rotatable bonds is 7. The molecule has 1 aliphatic rings. The Bertz CT molecular complexity index is 296. The Morgan fingerprint density at radius 3 is 2.74 bits per heavy atom. The molecule has 0 aromatic carbocycles. The highest BCUT2D eigenvalue weighted by Gasteiger charge is 2.47. The molecule has 1 saturated carbocycles. The average molecular weight is 270 g/mol. The number of carbonyl (C=O) groups excluding carboxylic acids is 1. The van der Waals surface area contributed by atoms with Crippen LogP contribution in [0.3, 0.4) is 0 Å². The van der Waals surface area contributed by atoms with Crippen LogP contribution in [-0.4, -0.2) is 49.2 Å². The first-order valence-corrected chi connectivity index (χ1v) is 7.56. The minimum absolute atomic E-state index is 0.0963. The lowest BCUT2D eigenvalue weighted by atomic mass is 9.96. The van der Waals surface area contributed by atoms with Gasteiger partial charge in [0.05, 0.1) is 7.11 Å². The highest BCUT2D eigenvalue weighted by Crippen LogP contribution is 2.34. The highest BCUT2D eigenvalue weighted by atomic mass is 16.5. The number of hydrogen-bond acceptors (Lipinski definition) is 4. The summed E-state index contributed by atoms with van der Waals surface area (Å²) in [5, 5.41) is 3.44. The molecular weight excluding hydrogens is 240 g/mol. The molecule has 4 heteroatoms. The number of carbonyl (C=O) groups is 1. The van der Waals surface area contributed by atoms with Crippen LogP contribution in [0, 0.1) is 0 Å². The number of ether oxygens (including phenoxy) is 1. The Kier molecular flexibility index (Phi) is 6.27. The Labute approximate surface area is 117 Å². The van der Waals surface area contributed by atoms with E-state index in [0.29, 0.717) is 12.1 Å². The third kappa shape index (κ3) is 3.69. The Morgan fingerprint density at radius 2 is 2.21 bits per heavy atom. The summed E-state index contributed by atoms with van der Waals surface area (Å²) in [6.07, 6.45) is 4.98. The van der Waals surface area contributed by atoms with E-state index in [9.17, 15) is 4.79 Å². The van der Waals surface area contributed by atoms with E-state index in [1.165, 1.54) is 7.11 Å². The van der Waals surface area contributed by atoms with Crippen molar-refractivity contribution in [2.45, 2.75) is 70.5 Å². The fourth-order valence-electron chi connectivity index (χ4n) is 2.99. The van der Waals surface area contributed by atoms with Crippen molar-refractivity contribution in [3.63, 3.8) is 0 Å². The van der Waals surface area contributed by atoms with Crippen molar-refractivity contribution in [3.8, 4) is 0 Å². The van der Waals surface area contributed by atoms with Gasteiger partial charge in [0, 0.05) is 12.1 Å². The van der Waals surface area contributed by atoms with Crippen LogP contribution in [0.2, 0.25) is 0 Å². The first kappa shape index (κ1) is 16.4. The van der Waals surface area contributed by atoms with Gasteiger partial charge in [0.1, 0.15) is 5.54 Å². The second-order valence-electron chi connectivity index (χ2n) is 5.82. The maximum atomic E-state index is 12.1. The summed E-state index contributed by atoms with van der Waals surface area (Å²) >= 11 is 0. The van der Waals surface area contributed by atoms with Crippen LogP contribution in [0.1, 0.15) is 52.9 Å². The van der Waals surface area contributed by atoms with Crippen molar-refractivity contribution in [1.29, 1.82) is 0 Å². The summed E-state index contributed by atoms with van der Waals surface area (Å²) in [4.78, 5) is 14.6. The van der Waals surface area contributed by atoms with Gasteiger partial charge in [-0.15, -0.1) is 0 Å². The van der Waals surface area contributed by atoms with Crippen molar-refractivity contribution in [3.05, 3.63) is 0 Å². The number of nitrogens with one attached hydrogen (secondary N) is 1. The first-order valence-electron chi connectivity index (χ1n) is 7.56. The second-order valence-corrected chi connectivity index (χ2v) is 5.82. The highest BCUT2D eigenvalue weighted by molar-refractivity contribution is 5.81. The topological polar surface area (TPSA) is 41.6 Å². The summed E-state index contributed by atoms with van der Waals surface area (Å²) in [6.45, 7) is 7.45. The van der Waals surface area contributed by atoms with Crippen molar-refractivity contribution in [2.24, 2.45) is 0 Å². The lowest BCUT2D eigenvalue weighted by Crippen LogP contribution is -2.52. The van der Waals surface area contributed by atoms with Gasteiger partial charge in [-0.3, -0.25) is 4.79 Å². The summed E-state index contributed by atoms with van der Waals surface area (Å²) in [5.41, 5.74) is -0.461. The summed E-state index contributed by atoms with van der Waals surface area (Å²) < 4.78 is 5.03. The van der Waals surface area contributed by atoms with E-state index < -0.39 is 5.54 Å². The quantitative estimate of drug-likeness (QED) is 0.720. The van der Waals surface area contributed by atoms with Crippen LogP contribution in [-0.2, 0) is 9.53 Å². The standard InChI is InChI=1S/C15H30N2O2/c1-6-10-16-15(14(18)19-5)9-8-13(11-15)17(4)12(3)7-2/h12-13,16H,6-11H2,1-5H3. The Hall–Kier alpha value is -0.610. The zero-order chi connectivity index (χ0) is 14.5. The molecule has 3 atom stereocenters. The molecule has 0 aromatic rings. The Morgan fingerprint density at radius 1 is 1.53 bits per heavy atom. The summed E-state index contributed by atoms with van der Waals surface area (Å²) in [7, 11) is 3.66. The van der Waals surface area contributed by atoms with Crippen LogP contribution in [0.15, 0.2) is 0 Å². The fourth-order valence-corrected chi connectivity index (χ4v) is 2.99. The fraction of sp³-hybridized carbons (Fsp3) is 0.933. The van der Waals surface area contributed by atoms with Gasteiger partial charge < -0.3 is 15.0 Å². The van der Waals surface area contributed by atoms with Crippen LogP contribution >= 0.6 is 0 Å². The lowest BCUT2D eigenvalue weighted by Gasteiger charge is -2.32. The van der Waals surface area contributed by atoms with Gasteiger partial charge in [0.2, 0.25) is 0 Å². The number of hydrogen-bond donors (Lipinski definition) is 1. The van der Waals surface area contributed by atoms with Crippen LogP contribution in [0.25, 0.3) is 0 Å². The molecule has 4 nitrogen and oxygen atoms in total. The number of methoxy groups -OCH3 is 1. The van der Waals surface area contributed by atoms with E-state index in [4.69, 9.17) is 4.74 Å². The van der Waals surface area contributed by atoms with E-state index in [-0.39, 0.29) is 5.97 Å². The van der Waals surface area contributed by atoms with E-state index in [1.54, 1.807) is 0 Å². The second kappa shape index (κ2) is 7.25. The van der Waals surface area contributed by atoms with Gasteiger partial charge in [-0.1, -0.05) is 13.8 Å². The minimum Gasteiger partial charge on any atom is -0.468 e. The van der Waals surface area contributed by atoms with E-state index in [2.05, 4.69) is 38.0 Å². The minimum atomic E-state index is -0.461. The van der Waals surface area contributed by atoms with Crippen LogP contribution < -0.4 is 5.32 Å². The maximum absolute atomic E-state index is 12.1. The number of nitrogens with zero attached hydrogens (tertiary/aromatic N) is 1. The molecule has 112 valence electrons. The van der Waals surface area contributed by atoms with Gasteiger partial charge in [0.15, 0.2) is 0 Å². The van der Waals surface area contributed by atoms with Crippen LogP contribution in [0.4, 0.5) is 0 Å². The van der Waals surface area contributed by atoms with Crippen molar-refractivity contribution in [1.82, 2.24) is 10.2 Å². The smallest absolute Gasteiger partial charge is 0.326 e. The third-order valence-corrected chi connectivity index (χ3v) is 4.64. The summed E-state index contributed by atoms with van der Waals surface area (Å²) in [5.74, 6) is -0.0963. The molecule has 1 fully saturated rings. The van der Waals surface area contributed by atoms with Gasteiger partial charge in [-0.2, -0.15) is 0 Å². The maximum Gasteiger partial charge on any atom is 0.326 e. The normalized spacial score (nSPS) is 28.6. The van der Waals surface area contributed by atoms with Gasteiger partial charge in [-0.25, -0.2) is 0 Å². The van der Waals surface area contributed by atoms with Crippen LogP contribution in [0.5, 0.6) is 0 Å². The van der Waals surface area contributed by atoms with Crippen molar-refractivity contribution >= 4 is 5.97 Å². The molecule has 0 heterocycles. The van der Waals surface area contributed by atoms with Gasteiger partial charge in [-0.05, 0) is 52.6 Å². The molecule has 0 spiro atoms. The van der Waals surface area contributed by atoms with E-state index >= 15 is 0 Å². The molecule has 1 rings (SSSR count). The first-order chi connectivity index (χ1) is 9.00. The van der Waals surface area contributed by atoms with E-state index in [1.807, 2.05) is 0 Å². The largest absolute Gasteiger partial charge is 0.468 e. The molecule has 0 aromatic heterocycles. The van der Waals surface area contributed by atoms with Crippen molar-refractivity contribution in [2.75, 3.05) is 20.7 Å². The predicted octanol–water partition coefficient (Wildman–Crippen LogP) is 2.18. The van der Waals surface area contributed by atoms with Gasteiger partial charge in [0.25, 0.3) is 0 Å². The Balaban J connectivity index is 2.73. The molecule has 1 N–H and O–H groups in total. The monoisotopic (exact) mass is 270 g/mol. The molecular formula is C15H30N2O2. The molecule has 3 unspecified atom stereocenters. The van der Waals surface area contributed by atoms with E-state index in [0.717, 1.165) is 38.6 Å². The number of esters is 1. The van der Waals surface area contributed by atoms with Crippen molar-refractivity contribution < 1.29 is 9.53 Å². The zero-order valence-electron chi connectivity index (χ0n) is 13.2. The molecule has 1 aliphatic carbocycles. The molecule has 0 amide bonds. The molecule has 0 aliphatic heterocycles. The third-order valence-electron chi connectivity index (χ3n) is 4.64. The molecule has 0 bridgehead atoms. The lowest BCUT2D eigenvalue weighted by molar-refractivity contribution is -0.148. The molecule has 0 radical (unpaired) electrons. The van der Waals surface area contributed by atoms with Gasteiger partial charge >= 0.3 is 5.97 Å². The molecule has 0 saturated heterocycles. The zero-order valence-corrected chi connectivity index (χ0v) is 13.2. The SMILES string of the molecule is CCCNC1(C(=O)OC)CCC(N(C)C(C)CC)C1.